The van der Waals surface area contributed by atoms with Crippen LogP contribution in [0, 0.1) is 23.4 Å². The summed E-state index contributed by atoms with van der Waals surface area (Å²) < 4.78 is 39.1. The van der Waals surface area contributed by atoms with E-state index in [2.05, 4.69) is 5.32 Å². The van der Waals surface area contributed by atoms with Crippen LogP contribution in [0.5, 0.6) is 0 Å². The van der Waals surface area contributed by atoms with Gasteiger partial charge in [0.15, 0.2) is 17.5 Å². The Morgan fingerprint density at radius 2 is 1.88 bits per heavy atom. The van der Waals surface area contributed by atoms with Gasteiger partial charge in [0.25, 0.3) is 0 Å². The second-order valence-electron chi connectivity index (χ2n) is 6.35. The third kappa shape index (κ3) is 4.87. The maximum absolute atomic E-state index is 13.1. The van der Waals surface area contributed by atoms with Crippen LogP contribution in [-0.4, -0.2) is 42.3 Å². The number of carbonyl (C=O) groups is 1. The fourth-order valence-corrected chi connectivity index (χ4v) is 3.04. The third-order valence-electron chi connectivity index (χ3n) is 4.46. The molecule has 0 radical (unpaired) electrons. The molecule has 1 fully saturated rings. The Morgan fingerprint density at radius 3 is 2.50 bits per heavy atom. The molecule has 2 rings (SSSR count). The number of rotatable bonds is 5. The minimum absolute atomic E-state index is 0.0785. The van der Waals surface area contributed by atoms with Crippen LogP contribution in [0.4, 0.5) is 18.0 Å². The molecule has 0 saturated heterocycles. The molecule has 1 aromatic carbocycles. The molecule has 7 heteroatoms. The van der Waals surface area contributed by atoms with E-state index in [9.17, 15) is 23.1 Å². The molecule has 0 bridgehead atoms. The van der Waals surface area contributed by atoms with Crippen LogP contribution in [-0.2, 0) is 6.42 Å². The van der Waals surface area contributed by atoms with Crippen molar-refractivity contribution in [3.8, 4) is 0 Å². The predicted molar refractivity (Wildman–Crippen MR) is 84.0 cm³/mol. The summed E-state index contributed by atoms with van der Waals surface area (Å²) in [6, 6.07) is 1.54. The predicted octanol–water partition coefficient (Wildman–Crippen LogP) is 2.84. The van der Waals surface area contributed by atoms with Crippen molar-refractivity contribution in [3.05, 3.63) is 35.1 Å². The van der Waals surface area contributed by atoms with Crippen molar-refractivity contribution >= 4 is 6.03 Å². The lowest BCUT2D eigenvalue weighted by atomic mass is 9.86. The number of nitrogens with one attached hydrogen (secondary N) is 1. The number of aliphatic hydroxyl groups is 1. The van der Waals surface area contributed by atoms with E-state index in [1.165, 1.54) is 4.90 Å². The maximum Gasteiger partial charge on any atom is 0.317 e. The largest absolute Gasteiger partial charge is 0.393 e. The molecule has 0 aliphatic heterocycles. The van der Waals surface area contributed by atoms with Gasteiger partial charge < -0.3 is 15.3 Å². The molecular formula is C17H23F3N2O2. The third-order valence-corrected chi connectivity index (χ3v) is 4.46. The van der Waals surface area contributed by atoms with E-state index < -0.39 is 17.5 Å². The lowest BCUT2D eigenvalue weighted by Gasteiger charge is -2.31. The number of benzene rings is 1. The highest BCUT2D eigenvalue weighted by molar-refractivity contribution is 5.73. The van der Waals surface area contributed by atoms with Gasteiger partial charge in [0, 0.05) is 26.1 Å². The first-order valence-electron chi connectivity index (χ1n) is 8.19. The molecule has 2 unspecified atom stereocenters. The number of carbonyl (C=O) groups excluding carboxylic acids is 1. The summed E-state index contributed by atoms with van der Waals surface area (Å²) in [5.41, 5.74) is 0.275. The van der Waals surface area contributed by atoms with Gasteiger partial charge in [-0.2, -0.15) is 0 Å². The van der Waals surface area contributed by atoms with Crippen LogP contribution in [0.25, 0.3) is 0 Å². The van der Waals surface area contributed by atoms with Crippen LogP contribution in [0.15, 0.2) is 12.1 Å². The summed E-state index contributed by atoms with van der Waals surface area (Å²) in [5, 5.41) is 12.6. The van der Waals surface area contributed by atoms with Gasteiger partial charge in [-0.25, -0.2) is 18.0 Å². The number of aliphatic hydroxyl groups excluding tert-OH is 1. The van der Waals surface area contributed by atoms with E-state index in [4.69, 9.17) is 0 Å². The zero-order chi connectivity index (χ0) is 17.7. The number of halogens is 3. The standard InChI is InChI=1S/C17H23F3N2O2/c1-22(10-12-4-2-3-5-15(12)23)17(24)21-7-6-11-8-13(18)16(20)14(19)9-11/h8-9,12,15,23H,2-7,10H2,1H3,(H,21,24). The molecule has 24 heavy (non-hydrogen) atoms. The molecule has 2 N–H and O–H groups in total. The van der Waals surface area contributed by atoms with Gasteiger partial charge in [0.1, 0.15) is 0 Å². The fraction of sp³-hybridized carbons (Fsp3) is 0.588. The van der Waals surface area contributed by atoms with Crippen molar-refractivity contribution in [3.63, 3.8) is 0 Å². The summed E-state index contributed by atoms with van der Waals surface area (Å²) >= 11 is 0. The Balaban J connectivity index is 1.78. The lowest BCUT2D eigenvalue weighted by Crippen LogP contribution is -2.43. The number of hydrogen-bond acceptors (Lipinski definition) is 2. The van der Waals surface area contributed by atoms with Crippen LogP contribution >= 0.6 is 0 Å². The summed E-state index contributed by atoms with van der Waals surface area (Å²) in [6.07, 6.45) is 3.55. The van der Waals surface area contributed by atoms with E-state index in [0.717, 1.165) is 37.8 Å². The van der Waals surface area contributed by atoms with E-state index in [1.807, 2.05) is 0 Å². The quantitative estimate of drug-likeness (QED) is 0.807. The van der Waals surface area contributed by atoms with E-state index in [-0.39, 0.29) is 36.6 Å². The zero-order valence-electron chi connectivity index (χ0n) is 13.7. The minimum atomic E-state index is -1.49. The number of amides is 2. The van der Waals surface area contributed by atoms with Crippen molar-refractivity contribution in [1.82, 2.24) is 10.2 Å². The second kappa shape index (κ2) is 8.37. The van der Waals surface area contributed by atoms with E-state index >= 15 is 0 Å². The van der Waals surface area contributed by atoms with Gasteiger partial charge >= 0.3 is 6.03 Å². The maximum atomic E-state index is 13.1. The van der Waals surface area contributed by atoms with Crippen LogP contribution < -0.4 is 5.32 Å². The molecule has 0 heterocycles. The van der Waals surface area contributed by atoms with Crippen molar-refractivity contribution in [2.24, 2.45) is 5.92 Å². The Morgan fingerprint density at radius 1 is 1.25 bits per heavy atom. The zero-order valence-corrected chi connectivity index (χ0v) is 13.7. The van der Waals surface area contributed by atoms with Gasteiger partial charge in [-0.3, -0.25) is 0 Å². The molecule has 1 aromatic rings. The Labute approximate surface area is 139 Å². The molecule has 2 amide bonds. The Kier molecular flexibility index (Phi) is 6.48. The van der Waals surface area contributed by atoms with Crippen LogP contribution in [0.2, 0.25) is 0 Å². The average molecular weight is 344 g/mol. The average Bonchev–Trinajstić information content (AvgIpc) is 2.54. The van der Waals surface area contributed by atoms with Gasteiger partial charge in [0.2, 0.25) is 0 Å². The Hall–Kier alpha value is -1.76. The summed E-state index contributed by atoms with van der Waals surface area (Å²) in [4.78, 5) is 13.5. The number of urea groups is 1. The lowest BCUT2D eigenvalue weighted by molar-refractivity contribution is 0.0565. The highest BCUT2D eigenvalue weighted by Gasteiger charge is 2.25. The van der Waals surface area contributed by atoms with Crippen molar-refractivity contribution in [1.29, 1.82) is 0 Å². The van der Waals surface area contributed by atoms with Gasteiger partial charge in [-0.15, -0.1) is 0 Å². The van der Waals surface area contributed by atoms with Gasteiger partial charge in [-0.05, 0) is 37.0 Å². The van der Waals surface area contributed by atoms with Gasteiger partial charge in [-0.1, -0.05) is 12.8 Å². The molecule has 1 aliphatic rings. The minimum Gasteiger partial charge on any atom is -0.393 e. The molecule has 134 valence electrons. The molecule has 1 saturated carbocycles. The van der Waals surface area contributed by atoms with E-state index in [0.29, 0.717) is 6.54 Å². The topological polar surface area (TPSA) is 52.6 Å². The smallest absolute Gasteiger partial charge is 0.317 e. The van der Waals surface area contributed by atoms with Crippen molar-refractivity contribution < 1.29 is 23.1 Å². The first-order chi connectivity index (χ1) is 11.4. The molecular weight excluding hydrogens is 321 g/mol. The monoisotopic (exact) mass is 344 g/mol. The molecule has 0 spiro atoms. The summed E-state index contributed by atoms with van der Waals surface area (Å²) in [5.74, 6) is -3.89. The molecule has 2 atom stereocenters. The molecule has 0 aromatic heterocycles. The van der Waals surface area contributed by atoms with Crippen LogP contribution in [0.3, 0.4) is 0 Å². The van der Waals surface area contributed by atoms with E-state index in [1.54, 1.807) is 7.05 Å². The number of hydrogen-bond donors (Lipinski definition) is 2. The molecule has 1 aliphatic carbocycles. The van der Waals surface area contributed by atoms with Crippen LogP contribution in [0.1, 0.15) is 31.2 Å². The normalized spacial score (nSPS) is 20.7. The fourth-order valence-electron chi connectivity index (χ4n) is 3.04. The first-order valence-corrected chi connectivity index (χ1v) is 8.19. The van der Waals surface area contributed by atoms with Crippen molar-refractivity contribution in [2.45, 2.75) is 38.2 Å². The van der Waals surface area contributed by atoms with Gasteiger partial charge in [0.05, 0.1) is 6.10 Å². The highest BCUT2D eigenvalue weighted by atomic mass is 19.2. The Bertz CT molecular complexity index is 560. The summed E-state index contributed by atoms with van der Waals surface area (Å²) in [6.45, 7) is 0.647. The summed E-state index contributed by atoms with van der Waals surface area (Å²) in [7, 11) is 1.65. The number of nitrogens with zero attached hydrogens (tertiary/aromatic N) is 1. The second-order valence-corrected chi connectivity index (χ2v) is 6.35. The highest BCUT2D eigenvalue weighted by Crippen LogP contribution is 2.24. The van der Waals surface area contributed by atoms with Crippen molar-refractivity contribution in [2.75, 3.05) is 20.1 Å². The SMILES string of the molecule is CN(CC1CCCCC1O)C(=O)NCCc1cc(F)c(F)c(F)c1. The first kappa shape index (κ1) is 18.6. The molecule has 4 nitrogen and oxygen atoms in total.